The van der Waals surface area contributed by atoms with Crippen LogP contribution in [-0.4, -0.2) is 30.2 Å². The van der Waals surface area contributed by atoms with E-state index in [-0.39, 0.29) is 5.54 Å². The zero-order valence-electron chi connectivity index (χ0n) is 9.47. The van der Waals surface area contributed by atoms with E-state index in [9.17, 15) is 0 Å². The molecule has 15 heavy (non-hydrogen) atoms. The maximum absolute atomic E-state index is 5.09. The summed E-state index contributed by atoms with van der Waals surface area (Å²) in [6, 6.07) is 0. The van der Waals surface area contributed by atoms with E-state index in [4.69, 9.17) is 4.74 Å². The Bertz CT molecular complexity index is 323. The van der Waals surface area contributed by atoms with Gasteiger partial charge in [0.1, 0.15) is 0 Å². The van der Waals surface area contributed by atoms with Crippen LogP contribution in [-0.2, 0) is 16.7 Å². The van der Waals surface area contributed by atoms with E-state index in [1.54, 1.807) is 13.4 Å². The normalized spacial score (nSPS) is 25.2. The zero-order valence-corrected chi connectivity index (χ0v) is 9.47. The van der Waals surface area contributed by atoms with E-state index in [0.29, 0.717) is 0 Å². The van der Waals surface area contributed by atoms with E-state index >= 15 is 0 Å². The highest BCUT2D eigenvalue weighted by Gasteiger charge is 2.33. The Balaban J connectivity index is 2.09. The number of hydrogen-bond donors (Lipinski definition) is 2. The summed E-state index contributed by atoms with van der Waals surface area (Å²) < 4.78 is 5.09. The van der Waals surface area contributed by atoms with Crippen molar-refractivity contribution in [1.82, 2.24) is 15.3 Å². The Hall–Kier alpha value is -0.870. The van der Waals surface area contributed by atoms with Crippen molar-refractivity contribution in [3.63, 3.8) is 0 Å². The Labute approximate surface area is 90.4 Å². The van der Waals surface area contributed by atoms with Gasteiger partial charge >= 0.3 is 0 Å². The lowest BCUT2D eigenvalue weighted by atomic mass is 9.87. The molecule has 2 N–H and O–H groups in total. The molecule has 0 fully saturated rings. The smallest absolute Gasteiger partial charge is 0.0926 e. The van der Waals surface area contributed by atoms with E-state index in [1.807, 2.05) is 0 Å². The van der Waals surface area contributed by atoms with Gasteiger partial charge in [-0.05, 0) is 19.8 Å². The maximum atomic E-state index is 5.09. The third kappa shape index (κ3) is 2.06. The van der Waals surface area contributed by atoms with Crippen LogP contribution in [0.15, 0.2) is 6.33 Å². The fraction of sp³-hybridized carbons (Fsp3) is 0.727. The number of rotatable bonds is 4. The number of nitrogens with one attached hydrogen (secondary N) is 2. The molecule has 1 aliphatic rings. The second kappa shape index (κ2) is 4.33. The molecule has 0 bridgehead atoms. The standard InChI is InChI=1S/C11H19N3O/c1-11(5-3-7-15-2)10-9(4-6-14-11)12-8-13-10/h8,14H,3-7H2,1-2H3,(H,12,13). The molecule has 1 aromatic heterocycles. The van der Waals surface area contributed by atoms with Crippen LogP contribution in [0.5, 0.6) is 0 Å². The van der Waals surface area contributed by atoms with Crippen molar-refractivity contribution in [1.29, 1.82) is 0 Å². The topological polar surface area (TPSA) is 49.9 Å². The van der Waals surface area contributed by atoms with Crippen molar-refractivity contribution in [3.8, 4) is 0 Å². The fourth-order valence-corrected chi connectivity index (χ4v) is 2.31. The van der Waals surface area contributed by atoms with Crippen LogP contribution in [0.4, 0.5) is 0 Å². The van der Waals surface area contributed by atoms with Gasteiger partial charge in [-0.15, -0.1) is 0 Å². The number of imidazole rings is 1. The van der Waals surface area contributed by atoms with Crippen LogP contribution in [0.3, 0.4) is 0 Å². The Morgan fingerprint density at radius 2 is 2.47 bits per heavy atom. The van der Waals surface area contributed by atoms with Gasteiger partial charge in [-0.2, -0.15) is 0 Å². The van der Waals surface area contributed by atoms with Gasteiger partial charge in [0.2, 0.25) is 0 Å². The fourth-order valence-electron chi connectivity index (χ4n) is 2.31. The van der Waals surface area contributed by atoms with Gasteiger partial charge < -0.3 is 15.0 Å². The molecule has 0 spiro atoms. The summed E-state index contributed by atoms with van der Waals surface area (Å²) in [5.41, 5.74) is 2.49. The average molecular weight is 209 g/mol. The molecule has 4 nitrogen and oxygen atoms in total. The number of hydrogen-bond acceptors (Lipinski definition) is 3. The molecule has 0 aliphatic carbocycles. The second-order valence-corrected chi connectivity index (χ2v) is 4.33. The van der Waals surface area contributed by atoms with Crippen molar-refractivity contribution in [2.75, 3.05) is 20.3 Å². The molecule has 4 heteroatoms. The Kier molecular flexibility index (Phi) is 3.07. The number of H-pyrrole nitrogens is 1. The molecule has 0 aromatic carbocycles. The monoisotopic (exact) mass is 209 g/mol. The third-order valence-corrected chi connectivity index (χ3v) is 3.16. The number of methoxy groups -OCH3 is 1. The molecule has 1 unspecified atom stereocenters. The zero-order chi connectivity index (χ0) is 10.7. The predicted molar refractivity (Wildman–Crippen MR) is 58.8 cm³/mol. The van der Waals surface area contributed by atoms with E-state index < -0.39 is 0 Å². The lowest BCUT2D eigenvalue weighted by Crippen LogP contribution is -2.45. The summed E-state index contributed by atoms with van der Waals surface area (Å²) in [5.74, 6) is 0. The summed E-state index contributed by atoms with van der Waals surface area (Å²) in [7, 11) is 1.75. The summed E-state index contributed by atoms with van der Waals surface area (Å²) in [5, 5.41) is 3.56. The number of fused-ring (bicyclic) bond motifs is 1. The van der Waals surface area contributed by atoms with Gasteiger partial charge in [0, 0.05) is 32.4 Å². The van der Waals surface area contributed by atoms with Crippen LogP contribution in [0.25, 0.3) is 0 Å². The minimum atomic E-state index is 0.0200. The molecule has 84 valence electrons. The van der Waals surface area contributed by atoms with Gasteiger partial charge in [-0.3, -0.25) is 0 Å². The summed E-state index contributed by atoms with van der Waals surface area (Å²) in [4.78, 5) is 7.65. The average Bonchev–Trinajstić information content (AvgIpc) is 2.68. The highest BCUT2D eigenvalue weighted by Crippen LogP contribution is 2.29. The van der Waals surface area contributed by atoms with Crippen LogP contribution < -0.4 is 5.32 Å². The molecule has 2 heterocycles. The first-order valence-corrected chi connectivity index (χ1v) is 5.53. The SMILES string of the molecule is COCCCC1(C)NCCc2[nH]cnc21. The molecular formula is C11H19N3O. The van der Waals surface area contributed by atoms with Crippen LogP contribution >= 0.6 is 0 Å². The molecule has 2 rings (SSSR count). The van der Waals surface area contributed by atoms with Crippen molar-refractivity contribution >= 4 is 0 Å². The van der Waals surface area contributed by atoms with Crippen LogP contribution in [0.2, 0.25) is 0 Å². The first-order valence-electron chi connectivity index (χ1n) is 5.53. The second-order valence-electron chi connectivity index (χ2n) is 4.33. The summed E-state index contributed by atoms with van der Waals surface area (Å²) >= 11 is 0. The number of aromatic nitrogens is 2. The van der Waals surface area contributed by atoms with Gasteiger partial charge in [0.15, 0.2) is 0 Å². The lowest BCUT2D eigenvalue weighted by Gasteiger charge is -2.34. The lowest BCUT2D eigenvalue weighted by molar-refractivity contribution is 0.176. The molecule has 0 saturated carbocycles. The summed E-state index contributed by atoms with van der Waals surface area (Å²) in [6.45, 7) is 4.07. The van der Waals surface area contributed by atoms with Crippen molar-refractivity contribution in [2.45, 2.75) is 31.7 Å². The minimum absolute atomic E-state index is 0.0200. The molecular weight excluding hydrogens is 190 g/mol. The molecule has 0 amide bonds. The Morgan fingerprint density at radius 1 is 1.60 bits per heavy atom. The molecule has 0 radical (unpaired) electrons. The van der Waals surface area contributed by atoms with Gasteiger partial charge in [-0.1, -0.05) is 0 Å². The third-order valence-electron chi connectivity index (χ3n) is 3.16. The number of ether oxygens (including phenoxy) is 1. The largest absolute Gasteiger partial charge is 0.385 e. The number of nitrogens with zero attached hydrogens (tertiary/aromatic N) is 1. The Morgan fingerprint density at radius 3 is 3.27 bits per heavy atom. The van der Waals surface area contributed by atoms with Gasteiger partial charge in [-0.25, -0.2) is 4.98 Å². The van der Waals surface area contributed by atoms with Crippen molar-refractivity contribution < 1.29 is 4.74 Å². The maximum Gasteiger partial charge on any atom is 0.0926 e. The molecule has 1 atom stereocenters. The first kappa shape index (κ1) is 10.6. The summed E-state index contributed by atoms with van der Waals surface area (Å²) in [6.07, 6.45) is 4.98. The highest BCUT2D eigenvalue weighted by atomic mass is 16.5. The highest BCUT2D eigenvalue weighted by molar-refractivity contribution is 5.24. The van der Waals surface area contributed by atoms with Crippen molar-refractivity contribution in [2.24, 2.45) is 0 Å². The molecule has 1 aromatic rings. The van der Waals surface area contributed by atoms with Gasteiger partial charge in [0.05, 0.1) is 17.6 Å². The quantitative estimate of drug-likeness (QED) is 0.732. The molecule has 0 saturated heterocycles. The minimum Gasteiger partial charge on any atom is -0.385 e. The van der Waals surface area contributed by atoms with Crippen LogP contribution in [0.1, 0.15) is 31.2 Å². The van der Waals surface area contributed by atoms with Gasteiger partial charge in [0.25, 0.3) is 0 Å². The first-order chi connectivity index (χ1) is 7.26. The van der Waals surface area contributed by atoms with E-state index in [2.05, 4.69) is 22.2 Å². The van der Waals surface area contributed by atoms with Crippen LogP contribution in [0, 0.1) is 0 Å². The predicted octanol–water partition coefficient (Wildman–Crippen LogP) is 1.20. The van der Waals surface area contributed by atoms with E-state index in [1.165, 1.54) is 11.4 Å². The van der Waals surface area contributed by atoms with Crippen molar-refractivity contribution in [3.05, 3.63) is 17.7 Å². The molecule has 1 aliphatic heterocycles. The van der Waals surface area contributed by atoms with E-state index in [0.717, 1.165) is 32.4 Å². The number of aromatic amines is 1.